The quantitative estimate of drug-likeness (QED) is 0.361. The molecule has 0 fully saturated rings. The number of nitrogens with one attached hydrogen (secondary N) is 1. The number of fused-ring (bicyclic) bond motifs is 1. The van der Waals surface area contributed by atoms with Crippen LogP contribution in [0.4, 0.5) is 11.4 Å². The van der Waals surface area contributed by atoms with Crippen molar-refractivity contribution in [3.05, 3.63) is 69.8 Å². The zero-order chi connectivity index (χ0) is 21.8. The Hall–Kier alpha value is -4.14. The highest BCUT2D eigenvalue weighted by Gasteiger charge is 2.19. The first-order valence-electron chi connectivity index (χ1n) is 8.82. The van der Waals surface area contributed by atoms with Crippen LogP contribution in [0.25, 0.3) is 10.8 Å². The first-order valence-corrected chi connectivity index (χ1v) is 8.82. The van der Waals surface area contributed by atoms with Gasteiger partial charge in [-0.25, -0.2) is 4.79 Å². The molecule has 3 rings (SSSR count). The number of phenolic OH excluding ortho intramolecular Hbond substituents is 1. The summed E-state index contributed by atoms with van der Waals surface area (Å²) in [7, 11) is 1.28. The second-order valence-electron chi connectivity index (χ2n) is 6.44. The summed E-state index contributed by atoms with van der Waals surface area (Å²) < 4.78 is 9.98. The molecule has 0 spiro atoms. The van der Waals surface area contributed by atoms with Crippen LogP contribution in [0.1, 0.15) is 15.9 Å². The van der Waals surface area contributed by atoms with Gasteiger partial charge in [-0.15, -0.1) is 0 Å². The maximum Gasteiger partial charge on any atom is 0.342 e. The van der Waals surface area contributed by atoms with Crippen molar-refractivity contribution in [3.8, 4) is 11.5 Å². The molecule has 2 N–H and O–H groups in total. The van der Waals surface area contributed by atoms with Gasteiger partial charge < -0.3 is 19.9 Å². The molecule has 0 saturated heterocycles. The minimum absolute atomic E-state index is 0.0148. The Morgan fingerprint density at radius 3 is 2.43 bits per heavy atom. The van der Waals surface area contributed by atoms with E-state index >= 15 is 0 Å². The second-order valence-corrected chi connectivity index (χ2v) is 6.44. The second kappa shape index (κ2) is 8.48. The molecule has 0 unspecified atom stereocenters. The number of carbonyl (C=O) groups is 2. The number of nitrogens with zero attached hydrogens (tertiary/aromatic N) is 1. The van der Waals surface area contributed by atoms with E-state index in [2.05, 4.69) is 5.32 Å². The highest BCUT2D eigenvalue weighted by Crippen LogP contribution is 2.32. The van der Waals surface area contributed by atoms with Crippen LogP contribution in [0.5, 0.6) is 11.5 Å². The maximum absolute atomic E-state index is 12.3. The lowest BCUT2D eigenvalue weighted by Crippen LogP contribution is -2.21. The van der Waals surface area contributed by atoms with Crippen molar-refractivity contribution < 1.29 is 29.1 Å². The van der Waals surface area contributed by atoms with E-state index in [1.807, 2.05) is 0 Å². The topological polar surface area (TPSA) is 128 Å². The molecule has 0 aliphatic rings. The molecule has 0 aromatic heterocycles. The fourth-order valence-corrected chi connectivity index (χ4v) is 2.90. The number of aromatic hydroxyl groups is 1. The van der Waals surface area contributed by atoms with Gasteiger partial charge in [-0.3, -0.25) is 14.9 Å². The molecule has 1 amide bonds. The Bertz CT molecular complexity index is 1160. The van der Waals surface area contributed by atoms with Gasteiger partial charge in [0.15, 0.2) is 12.4 Å². The van der Waals surface area contributed by atoms with Gasteiger partial charge in [0.1, 0.15) is 11.3 Å². The van der Waals surface area contributed by atoms with Crippen molar-refractivity contribution in [2.24, 2.45) is 0 Å². The zero-order valence-corrected chi connectivity index (χ0v) is 16.2. The van der Waals surface area contributed by atoms with Crippen LogP contribution in [0.15, 0.2) is 48.5 Å². The van der Waals surface area contributed by atoms with Gasteiger partial charge in [0.2, 0.25) is 0 Å². The van der Waals surface area contributed by atoms with E-state index in [1.165, 1.54) is 31.4 Å². The van der Waals surface area contributed by atoms with Crippen molar-refractivity contribution in [1.82, 2.24) is 0 Å². The van der Waals surface area contributed by atoms with Gasteiger partial charge in [-0.2, -0.15) is 0 Å². The molecule has 0 atom stereocenters. The molecule has 154 valence electrons. The molecule has 3 aromatic rings. The number of amides is 1. The number of anilines is 1. The van der Waals surface area contributed by atoms with Crippen LogP contribution in [0.2, 0.25) is 0 Å². The van der Waals surface area contributed by atoms with E-state index in [0.29, 0.717) is 5.56 Å². The van der Waals surface area contributed by atoms with Gasteiger partial charge in [0, 0.05) is 17.8 Å². The number of ether oxygens (including phenoxy) is 2. The molecule has 0 heterocycles. The first-order chi connectivity index (χ1) is 14.3. The summed E-state index contributed by atoms with van der Waals surface area (Å²) in [6.45, 7) is 0.977. The highest BCUT2D eigenvalue weighted by molar-refractivity contribution is 6.00. The van der Waals surface area contributed by atoms with E-state index in [4.69, 9.17) is 9.47 Å². The summed E-state index contributed by atoms with van der Waals surface area (Å²) in [6, 6.07) is 12.7. The van der Waals surface area contributed by atoms with Crippen LogP contribution in [0.3, 0.4) is 0 Å². The van der Waals surface area contributed by atoms with E-state index in [9.17, 15) is 24.8 Å². The minimum Gasteiger partial charge on any atom is -0.507 e. The number of carbonyl (C=O) groups excluding carboxylic acids is 2. The van der Waals surface area contributed by atoms with Crippen molar-refractivity contribution in [3.63, 3.8) is 0 Å². The summed E-state index contributed by atoms with van der Waals surface area (Å²) in [6.07, 6.45) is 0. The third kappa shape index (κ3) is 4.30. The maximum atomic E-state index is 12.3. The van der Waals surface area contributed by atoms with Crippen molar-refractivity contribution >= 4 is 34.0 Å². The molecule has 9 nitrogen and oxygen atoms in total. The van der Waals surface area contributed by atoms with Crippen molar-refractivity contribution in [2.75, 3.05) is 19.0 Å². The number of esters is 1. The zero-order valence-electron chi connectivity index (χ0n) is 16.2. The Balaban J connectivity index is 1.70. The van der Waals surface area contributed by atoms with E-state index in [1.54, 1.807) is 31.2 Å². The SMILES string of the molecule is COc1cc(NC(=O)COC(=O)c2cc3ccccc3cc2O)c(C)cc1[N+](=O)[O-]. The highest BCUT2D eigenvalue weighted by atomic mass is 16.6. The van der Waals surface area contributed by atoms with Crippen LogP contribution >= 0.6 is 0 Å². The number of nitro groups is 1. The third-order valence-electron chi connectivity index (χ3n) is 4.41. The van der Waals surface area contributed by atoms with Gasteiger partial charge in [-0.1, -0.05) is 24.3 Å². The Kier molecular flexibility index (Phi) is 5.82. The van der Waals surface area contributed by atoms with E-state index < -0.39 is 23.4 Å². The van der Waals surface area contributed by atoms with Crippen molar-refractivity contribution in [2.45, 2.75) is 6.92 Å². The largest absolute Gasteiger partial charge is 0.507 e. The number of phenols is 1. The summed E-state index contributed by atoms with van der Waals surface area (Å²) in [5.41, 5.74) is 0.433. The number of hydrogen-bond acceptors (Lipinski definition) is 7. The number of aryl methyl sites for hydroxylation is 1. The summed E-state index contributed by atoms with van der Waals surface area (Å²) in [5, 5.41) is 25.1. The van der Waals surface area contributed by atoms with Crippen LogP contribution in [-0.2, 0) is 9.53 Å². The van der Waals surface area contributed by atoms with Gasteiger partial charge >= 0.3 is 11.7 Å². The van der Waals surface area contributed by atoms with Gasteiger partial charge in [0.05, 0.1) is 12.0 Å². The van der Waals surface area contributed by atoms with Crippen LogP contribution in [-0.4, -0.2) is 35.6 Å². The number of methoxy groups -OCH3 is 1. The Morgan fingerprint density at radius 1 is 1.13 bits per heavy atom. The number of benzene rings is 3. The monoisotopic (exact) mass is 410 g/mol. The molecule has 3 aromatic carbocycles. The van der Waals surface area contributed by atoms with E-state index in [-0.39, 0.29) is 28.4 Å². The van der Waals surface area contributed by atoms with Crippen LogP contribution < -0.4 is 10.1 Å². The van der Waals surface area contributed by atoms with Gasteiger partial charge in [-0.05, 0) is 35.4 Å². The predicted octanol–water partition coefficient (Wildman–Crippen LogP) is 3.57. The molecular formula is C21H18N2O7. The van der Waals surface area contributed by atoms with E-state index in [0.717, 1.165) is 10.8 Å². The lowest BCUT2D eigenvalue weighted by Gasteiger charge is -2.11. The Labute approximate surface area is 171 Å². The van der Waals surface area contributed by atoms with Gasteiger partial charge in [0.25, 0.3) is 5.91 Å². The summed E-state index contributed by atoms with van der Waals surface area (Å²) in [5.74, 6) is -1.77. The minimum atomic E-state index is -0.855. The number of nitro benzene ring substituents is 1. The molecule has 0 radical (unpaired) electrons. The lowest BCUT2D eigenvalue weighted by molar-refractivity contribution is -0.385. The standard InChI is InChI=1S/C21H18N2O7/c1-12-7-17(23(27)28)19(29-2)10-16(12)22-20(25)11-30-21(26)15-8-13-5-3-4-6-14(13)9-18(15)24/h3-10,24H,11H2,1-2H3,(H,22,25). The predicted molar refractivity (Wildman–Crippen MR) is 109 cm³/mol. The normalized spacial score (nSPS) is 10.5. The van der Waals surface area contributed by atoms with Crippen LogP contribution in [0, 0.1) is 17.0 Å². The van der Waals surface area contributed by atoms with Crippen molar-refractivity contribution in [1.29, 1.82) is 0 Å². The molecule has 9 heteroatoms. The molecular weight excluding hydrogens is 392 g/mol. The average Bonchev–Trinajstić information content (AvgIpc) is 2.72. The molecule has 30 heavy (non-hydrogen) atoms. The Morgan fingerprint density at radius 2 is 1.80 bits per heavy atom. The molecule has 0 aliphatic carbocycles. The summed E-state index contributed by atoms with van der Waals surface area (Å²) >= 11 is 0. The fraction of sp³-hybridized carbons (Fsp3) is 0.143. The average molecular weight is 410 g/mol. The fourth-order valence-electron chi connectivity index (χ4n) is 2.90. The number of hydrogen-bond donors (Lipinski definition) is 2. The third-order valence-corrected chi connectivity index (χ3v) is 4.41. The summed E-state index contributed by atoms with van der Waals surface area (Å²) in [4.78, 5) is 34.9. The smallest absolute Gasteiger partial charge is 0.342 e. The lowest BCUT2D eigenvalue weighted by atomic mass is 10.1. The number of rotatable bonds is 6. The molecule has 0 aliphatic heterocycles. The molecule has 0 saturated carbocycles. The first kappa shape index (κ1) is 20.6. The molecule has 0 bridgehead atoms.